The van der Waals surface area contributed by atoms with E-state index < -0.39 is 39.9 Å². The molecule has 5 aromatic rings. The monoisotopic (exact) mass is 635 g/mol. The first-order chi connectivity index (χ1) is 21.1. The number of hydrogen-bond acceptors (Lipinski definition) is 9. The van der Waals surface area contributed by atoms with Gasteiger partial charge >= 0.3 is 6.16 Å². The largest absolute Gasteiger partial charge is 0.511 e. The van der Waals surface area contributed by atoms with Crippen LogP contribution in [0.25, 0.3) is 16.6 Å². The number of fused-ring (bicyclic) bond motifs is 1. The first-order valence-corrected chi connectivity index (χ1v) is 12.8. The molecule has 3 aromatic carbocycles. The van der Waals surface area contributed by atoms with Gasteiger partial charge in [0.15, 0.2) is 23.1 Å². The second kappa shape index (κ2) is 13.2. The number of aromatic nitrogens is 3. The second-order valence-electron chi connectivity index (χ2n) is 9.28. The molecule has 2 heterocycles. The minimum atomic E-state index is -1.76. The van der Waals surface area contributed by atoms with Gasteiger partial charge in [-0.15, -0.1) is 12.4 Å². The Morgan fingerprint density at radius 2 is 1.78 bits per heavy atom. The van der Waals surface area contributed by atoms with Crippen LogP contribution in [-0.2, 0) is 6.42 Å². The highest BCUT2D eigenvalue weighted by Gasteiger charge is 2.22. The highest BCUT2D eigenvalue weighted by molar-refractivity contribution is 5.86. The fourth-order valence-electron chi connectivity index (χ4n) is 4.60. The Kier molecular flexibility index (Phi) is 9.39. The minimum absolute atomic E-state index is 0. The average Bonchev–Trinajstić information content (AvgIpc) is 3.00. The average molecular weight is 636 g/mol. The number of nitrogens with zero attached hydrogens (tertiary/aromatic N) is 3. The number of carboxylic acid groups (broad SMARTS) is 1. The van der Waals surface area contributed by atoms with Crippen LogP contribution >= 0.6 is 12.4 Å². The van der Waals surface area contributed by atoms with Gasteiger partial charge in [0.2, 0.25) is 11.4 Å². The van der Waals surface area contributed by atoms with E-state index in [1.165, 1.54) is 25.0 Å². The SMILES string of the molecule is COc1cc(Cc2cnc(N)nc2N)cc(C#Cc2c(F)cc3c(=O)c(OC(=O)O)cn(-c4ccccc4)c3c2F)c1OC.Cl. The Labute approximate surface area is 260 Å². The van der Waals surface area contributed by atoms with Crippen LogP contribution in [0.4, 0.5) is 25.3 Å². The lowest BCUT2D eigenvalue weighted by Crippen LogP contribution is -2.17. The van der Waals surface area contributed by atoms with E-state index in [2.05, 4.69) is 26.5 Å². The Hall–Kier alpha value is -5.87. The second-order valence-corrected chi connectivity index (χ2v) is 9.28. The minimum Gasteiger partial charge on any atom is -0.493 e. The summed E-state index contributed by atoms with van der Waals surface area (Å²) in [6.45, 7) is 0. The number of anilines is 2. The Morgan fingerprint density at radius 3 is 2.42 bits per heavy atom. The smallest absolute Gasteiger partial charge is 0.493 e. The summed E-state index contributed by atoms with van der Waals surface area (Å²) in [5.41, 5.74) is 11.4. The number of benzene rings is 3. The highest BCUT2D eigenvalue weighted by atomic mass is 35.5. The first-order valence-electron chi connectivity index (χ1n) is 12.8. The Bertz CT molecular complexity index is 2060. The molecule has 0 aliphatic rings. The fraction of sp³-hybridized carbons (Fsp3) is 0.0968. The van der Waals surface area contributed by atoms with Gasteiger partial charge in [0, 0.05) is 23.9 Å². The molecular formula is C31H24ClF2N5O6. The van der Waals surface area contributed by atoms with Crippen molar-refractivity contribution in [3.05, 3.63) is 105 Å². The molecule has 0 saturated heterocycles. The molecule has 0 aliphatic heterocycles. The normalized spacial score (nSPS) is 10.4. The zero-order chi connectivity index (χ0) is 31.5. The summed E-state index contributed by atoms with van der Waals surface area (Å²) >= 11 is 0. The number of nitrogens with two attached hydrogens (primary N) is 2. The third-order valence-electron chi connectivity index (χ3n) is 6.55. The van der Waals surface area contributed by atoms with Crippen molar-refractivity contribution in [1.29, 1.82) is 0 Å². The maximum Gasteiger partial charge on any atom is 0.511 e. The van der Waals surface area contributed by atoms with Crippen LogP contribution in [0.15, 0.2) is 65.7 Å². The lowest BCUT2D eigenvalue weighted by Gasteiger charge is -2.15. The number of ether oxygens (including phenoxy) is 3. The van der Waals surface area contributed by atoms with E-state index in [4.69, 9.17) is 26.0 Å². The standard InChI is InChI=1S/C31H23F2N5O6.ClH/c1-42-23-12-16(11-18-14-36-30(35)37-29(18)34)10-17(28(23)43-2)8-9-20-22(32)13-21-26(25(20)33)38(19-6-4-3-5-7-19)15-24(27(21)39)44-31(40)41;/h3-7,10,12-15H,11H2,1-2H3,(H,40,41)(H4,34,35,36,37);1H. The number of rotatable bonds is 6. The van der Waals surface area contributed by atoms with Gasteiger partial charge in [-0.25, -0.2) is 18.6 Å². The van der Waals surface area contributed by atoms with Gasteiger partial charge in [-0.05, 0) is 35.9 Å². The number of carbonyl (C=O) groups is 1. The molecule has 5 rings (SSSR count). The molecule has 0 amide bonds. The van der Waals surface area contributed by atoms with Crippen molar-refractivity contribution in [3.8, 4) is 34.8 Å². The van der Waals surface area contributed by atoms with Crippen LogP contribution in [0.3, 0.4) is 0 Å². The van der Waals surface area contributed by atoms with Crippen LogP contribution in [-0.4, -0.2) is 40.0 Å². The highest BCUT2D eigenvalue weighted by Crippen LogP contribution is 2.34. The molecule has 5 N–H and O–H groups in total. The molecule has 230 valence electrons. The molecule has 0 atom stereocenters. The Morgan fingerprint density at radius 1 is 1.04 bits per heavy atom. The van der Waals surface area contributed by atoms with Gasteiger partial charge < -0.3 is 35.4 Å². The van der Waals surface area contributed by atoms with Crippen molar-refractivity contribution in [2.24, 2.45) is 0 Å². The molecule has 2 aromatic heterocycles. The van der Waals surface area contributed by atoms with Gasteiger partial charge in [0.1, 0.15) is 11.6 Å². The van der Waals surface area contributed by atoms with E-state index in [1.54, 1.807) is 42.5 Å². The van der Waals surface area contributed by atoms with E-state index in [0.717, 1.165) is 12.3 Å². The number of para-hydroxylation sites is 1. The number of hydrogen-bond donors (Lipinski definition) is 3. The summed E-state index contributed by atoms with van der Waals surface area (Å²) in [6, 6.07) is 12.3. The third-order valence-corrected chi connectivity index (χ3v) is 6.55. The van der Waals surface area contributed by atoms with E-state index >= 15 is 8.78 Å². The van der Waals surface area contributed by atoms with E-state index in [9.17, 15) is 9.59 Å². The van der Waals surface area contributed by atoms with Crippen molar-refractivity contribution in [2.75, 3.05) is 25.7 Å². The molecule has 0 radical (unpaired) electrons. The maximum atomic E-state index is 16.2. The maximum absolute atomic E-state index is 16.2. The quantitative estimate of drug-likeness (QED) is 0.176. The van der Waals surface area contributed by atoms with Gasteiger partial charge in [-0.2, -0.15) is 4.98 Å². The summed E-state index contributed by atoms with van der Waals surface area (Å²) < 4.78 is 48.3. The molecule has 0 bridgehead atoms. The summed E-state index contributed by atoms with van der Waals surface area (Å²) in [5, 5.41) is 8.64. The Balaban J connectivity index is 0.00000461. The van der Waals surface area contributed by atoms with Crippen molar-refractivity contribution in [2.45, 2.75) is 6.42 Å². The molecule has 0 unspecified atom stereocenters. The van der Waals surface area contributed by atoms with E-state index in [1.807, 2.05) is 0 Å². The summed E-state index contributed by atoms with van der Waals surface area (Å²) in [7, 11) is 2.81. The topological polar surface area (TPSA) is 165 Å². The van der Waals surface area contributed by atoms with E-state index in [-0.39, 0.29) is 47.4 Å². The van der Waals surface area contributed by atoms with Gasteiger partial charge in [-0.1, -0.05) is 30.0 Å². The van der Waals surface area contributed by atoms with E-state index in [0.29, 0.717) is 22.6 Å². The number of methoxy groups -OCH3 is 2. The van der Waals surface area contributed by atoms with Crippen LogP contribution < -0.4 is 31.1 Å². The summed E-state index contributed by atoms with van der Waals surface area (Å²) in [4.78, 5) is 32.1. The summed E-state index contributed by atoms with van der Waals surface area (Å²) in [5.74, 6) is 3.06. The fourth-order valence-corrected chi connectivity index (χ4v) is 4.60. The predicted octanol–water partition coefficient (Wildman–Crippen LogP) is 4.71. The lowest BCUT2D eigenvalue weighted by atomic mass is 10.0. The zero-order valence-corrected chi connectivity index (χ0v) is 24.4. The van der Waals surface area contributed by atoms with Crippen molar-refractivity contribution >= 4 is 41.2 Å². The summed E-state index contributed by atoms with van der Waals surface area (Å²) in [6.07, 6.45) is 1.00. The molecule has 0 aliphatic carbocycles. The van der Waals surface area contributed by atoms with Gasteiger partial charge in [0.05, 0.1) is 42.4 Å². The number of nitrogen functional groups attached to an aromatic ring is 2. The van der Waals surface area contributed by atoms with Gasteiger partial charge in [-0.3, -0.25) is 4.79 Å². The third kappa shape index (κ3) is 6.41. The van der Waals surface area contributed by atoms with Gasteiger partial charge in [0.25, 0.3) is 0 Å². The molecular weight excluding hydrogens is 612 g/mol. The number of pyridine rings is 1. The molecule has 45 heavy (non-hydrogen) atoms. The molecule has 0 fully saturated rings. The molecule has 11 nitrogen and oxygen atoms in total. The first kappa shape index (κ1) is 32.1. The number of halogens is 3. The molecule has 0 saturated carbocycles. The van der Waals surface area contributed by atoms with Crippen LogP contribution in [0, 0.1) is 23.5 Å². The zero-order valence-electron chi connectivity index (χ0n) is 23.6. The van der Waals surface area contributed by atoms with Crippen molar-refractivity contribution < 1.29 is 32.9 Å². The van der Waals surface area contributed by atoms with Crippen molar-refractivity contribution in [3.63, 3.8) is 0 Å². The predicted molar refractivity (Wildman–Crippen MR) is 165 cm³/mol. The van der Waals surface area contributed by atoms with Crippen LogP contribution in [0.5, 0.6) is 17.2 Å². The molecule has 0 spiro atoms. The lowest BCUT2D eigenvalue weighted by molar-refractivity contribution is 0.144. The van der Waals surface area contributed by atoms with Crippen molar-refractivity contribution in [1.82, 2.24) is 14.5 Å². The molecule has 14 heteroatoms. The van der Waals surface area contributed by atoms with Crippen LogP contribution in [0.2, 0.25) is 0 Å². The van der Waals surface area contributed by atoms with Crippen LogP contribution in [0.1, 0.15) is 22.3 Å².